The molecule has 9 atom stereocenters. The molecule has 0 aromatic rings. The normalized spacial score (nSPS) is 46.1. The lowest BCUT2D eigenvalue weighted by Crippen LogP contribution is -2.50. The lowest BCUT2D eigenvalue weighted by Gasteiger charge is -2.50. The number of carbonyl (C=O) groups is 3. The predicted octanol–water partition coefficient (Wildman–Crippen LogP) is 5.03. The Morgan fingerprint density at radius 1 is 1.08 bits per heavy atom. The van der Waals surface area contributed by atoms with Crippen molar-refractivity contribution in [3.63, 3.8) is 0 Å². The molecule has 212 valence electrons. The Morgan fingerprint density at radius 2 is 1.74 bits per heavy atom. The first-order valence-electron chi connectivity index (χ1n) is 14.5. The number of allylic oxidation sites excluding steroid dienone is 3. The van der Waals surface area contributed by atoms with Crippen LogP contribution in [-0.4, -0.2) is 40.1 Å². The summed E-state index contributed by atoms with van der Waals surface area (Å²) < 4.78 is 6.29. The van der Waals surface area contributed by atoms with E-state index in [1.165, 1.54) is 6.92 Å². The molecule has 5 aliphatic carbocycles. The SMILES string of the molecule is CC(=O)OC1C2C(C)=C3CC(C(C)C)C(=O)CC(C)C31C1C(=O)C(C)=C3C=C4C(C)(C)OOC4(O)CC(C)C321. The molecule has 9 unspecified atom stereocenters. The topological polar surface area (TPSA) is 99.1 Å². The largest absolute Gasteiger partial charge is 0.461 e. The van der Waals surface area contributed by atoms with Gasteiger partial charge in [-0.15, -0.1) is 0 Å². The monoisotopic (exact) mass is 538 g/mol. The van der Waals surface area contributed by atoms with Crippen molar-refractivity contribution in [1.29, 1.82) is 0 Å². The van der Waals surface area contributed by atoms with Gasteiger partial charge in [0.2, 0.25) is 5.79 Å². The van der Waals surface area contributed by atoms with Crippen LogP contribution in [0, 0.1) is 46.3 Å². The van der Waals surface area contributed by atoms with E-state index in [0.29, 0.717) is 24.0 Å². The first-order chi connectivity index (χ1) is 18.1. The van der Waals surface area contributed by atoms with Gasteiger partial charge in [0.05, 0.1) is 0 Å². The molecule has 1 aliphatic heterocycles. The number of esters is 1. The van der Waals surface area contributed by atoms with Crippen LogP contribution in [0.5, 0.6) is 0 Å². The molecule has 1 saturated heterocycles. The van der Waals surface area contributed by atoms with Gasteiger partial charge in [-0.1, -0.05) is 44.9 Å². The van der Waals surface area contributed by atoms with E-state index in [9.17, 15) is 19.5 Å². The number of carbonyl (C=O) groups excluding carboxylic acids is 3. The maximum absolute atomic E-state index is 14.6. The molecule has 2 bridgehead atoms. The second-order valence-electron chi connectivity index (χ2n) is 14.1. The highest BCUT2D eigenvalue weighted by Crippen LogP contribution is 2.80. The molecule has 0 aromatic heterocycles. The van der Waals surface area contributed by atoms with Gasteiger partial charge in [0.25, 0.3) is 0 Å². The number of fused-ring (bicyclic) bond motifs is 2. The fourth-order valence-corrected chi connectivity index (χ4v) is 10.2. The molecule has 6 rings (SSSR count). The smallest absolute Gasteiger partial charge is 0.302 e. The van der Waals surface area contributed by atoms with Crippen LogP contribution in [0.4, 0.5) is 0 Å². The average molecular weight is 539 g/mol. The minimum absolute atomic E-state index is 0.0729. The number of hydrogen-bond donors (Lipinski definition) is 1. The molecule has 7 nitrogen and oxygen atoms in total. The van der Waals surface area contributed by atoms with Gasteiger partial charge in [0.15, 0.2) is 5.78 Å². The molecule has 1 N–H and O–H groups in total. The van der Waals surface area contributed by atoms with Gasteiger partial charge in [0.1, 0.15) is 17.5 Å². The molecule has 1 heterocycles. The van der Waals surface area contributed by atoms with E-state index in [1.54, 1.807) is 0 Å². The zero-order chi connectivity index (χ0) is 28.6. The van der Waals surface area contributed by atoms with Crippen molar-refractivity contribution in [2.75, 3.05) is 0 Å². The molecule has 2 spiro atoms. The summed E-state index contributed by atoms with van der Waals surface area (Å²) in [6, 6.07) is 0. The molecular weight excluding hydrogens is 496 g/mol. The summed E-state index contributed by atoms with van der Waals surface area (Å²) in [6.07, 6.45) is 2.60. The molecule has 6 aliphatic rings. The van der Waals surface area contributed by atoms with Crippen molar-refractivity contribution < 1.29 is 34.0 Å². The van der Waals surface area contributed by atoms with Crippen LogP contribution < -0.4 is 0 Å². The Balaban J connectivity index is 1.67. The first-order valence-corrected chi connectivity index (χ1v) is 14.5. The van der Waals surface area contributed by atoms with E-state index in [1.807, 2.05) is 26.8 Å². The van der Waals surface area contributed by atoms with Gasteiger partial charge in [-0.05, 0) is 63.0 Å². The van der Waals surface area contributed by atoms with Gasteiger partial charge in [-0.2, -0.15) is 4.89 Å². The molecule has 7 heteroatoms. The van der Waals surface area contributed by atoms with E-state index in [-0.39, 0.29) is 53.5 Å². The minimum atomic E-state index is -1.62. The second-order valence-corrected chi connectivity index (χ2v) is 14.1. The Labute approximate surface area is 230 Å². The summed E-state index contributed by atoms with van der Waals surface area (Å²) >= 11 is 0. The highest BCUT2D eigenvalue weighted by Gasteiger charge is 2.82. The van der Waals surface area contributed by atoms with Crippen LogP contribution in [0.1, 0.15) is 81.6 Å². The number of hydrogen-bond acceptors (Lipinski definition) is 7. The van der Waals surface area contributed by atoms with Crippen LogP contribution in [0.3, 0.4) is 0 Å². The van der Waals surface area contributed by atoms with Crippen LogP contribution >= 0.6 is 0 Å². The second kappa shape index (κ2) is 8.01. The Morgan fingerprint density at radius 3 is 2.36 bits per heavy atom. The first kappa shape index (κ1) is 27.1. The average Bonchev–Trinajstić information content (AvgIpc) is 3.32. The summed E-state index contributed by atoms with van der Waals surface area (Å²) in [5.41, 5.74) is 2.15. The molecule has 3 fully saturated rings. The van der Waals surface area contributed by atoms with E-state index >= 15 is 0 Å². The number of ketones is 2. The van der Waals surface area contributed by atoms with Gasteiger partial charge in [-0.3, -0.25) is 14.4 Å². The van der Waals surface area contributed by atoms with Crippen LogP contribution in [0.2, 0.25) is 0 Å². The standard InChI is InChI=1S/C32H42O7/c1-14(2)20-11-21-17(5)25-28(37-19(7)33)32(21,15(3)10-23(20)34)27-26(35)18(6)22-12-24-29(8,9)38-39-30(24,36)13-16(4)31(22,25)27/h12,14-16,20,25,27-28,36H,10-11,13H2,1-9H3. The van der Waals surface area contributed by atoms with E-state index in [2.05, 4.69) is 34.6 Å². The summed E-state index contributed by atoms with van der Waals surface area (Å²) in [4.78, 5) is 52.1. The maximum Gasteiger partial charge on any atom is 0.302 e. The zero-order valence-electron chi connectivity index (χ0n) is 24.6. The molecule has 0 amide bonds. The highest BCUT2D eigenvalue weighted by molar-refractivity contribution is 6.05. The number of aliphatic hydroxyl groups is 1. The van der Waals surface area contributed by atoms with Crippen molar-refractivity contribution in [2.24, 2.45) is 46.3 Å². The van der Waals surface area contributed by atoms with Crippen molar-refractivity contribution in [1.82, 2.24) is 0 Å². The lowest BCUT2D eigenvalue weighted by atomic mass is 9.51. The summed E-state index contributed by atoms with van der Waals surface area (Å²) in [7, 11) is 0. The third-order valence-corrected chi connectivity index (χ3v) is 11.6. The van der Waals surface area contributed by atoms with Gasteiger partial charge in [0, 0.05) is 53.9 Å². The lowest BCUT2D eigenvalue weighted by molar-refractivity contribution is -0.392. The van der Waals surface area contributed by atoms with Crippen LogP contribution in [-0.2, 0) is 28.9 Å². The maximum atomic E-state index is 14.6. The Bertz CT molecular complexity index is 1300. The van der Waals surface area contributed by atoms with Crippen molar-refractivity contribution in [3.8, 4) is 0 Å². The van der Waals surface area contributed by atoms with Gasteiger partial charge >= 0.3 is 5.97 Å². The summed E-state index contributed by atoms with van der Waals surface area (Å²) in [6.45, 7) is 17.5. The fraction of sp³-hybridized carbons (Fsp3) is 0.719. The molecule has 0 radical (unpaired) electrons. The van der Waals surface area contributed by atoms with Gasteiger partial charge in [-0.25, -0.2) is 4.89 Å². The van der Waals surface area contributed by atoms with E-state index in [0.717, 1.165) is 16.7 Å². The van der Waals surface area contributed by atoms with Crippen LogP contribution in [0.25, 0.3) is 0 Å². The number of Topliss-reactive ketones (excluding diaryl/α,β-unsaturated/α-hetero) is 2. The quantitative estimate of drug-likeness (QED) is 0.299. The van der Waals surface area contributed by atoms with E-state index in [4.69, 9.17) is 14.5 Å². The number of rotatable bonds is 2. The molecule has 39 heavy (non-hydrogen) atoms. The van der Waals surface area contributed by atoms with Crippen molar-refractivity contribution >= 4 is 17.5 Å². The zero-order valence-corrected chi connectivity index (χ0v) is 24.6. The molecule has 2 saturated carbocycles. The predicted molar refractivity (Wildman–Crippen MR) is 143 cm³/mol. The molecule has 0 aromatic carbocycles. The summed E-state index contributed by atoms with van der Waals surface area (Å²) in [5.74, 6) is -2.77. The minimum Gasteiger partial charge on any atom is -0.461 e. The van der Waals surface area contributed by atoms with E-state index < -0.39 is 34.2 Å². The van der Waals surface area contributed by atoms with Crippen molar-refractivity contribution in [2.45, 2.75) is 99.1 Å². The third kappa shape index (κ3) is 2.97. The fourth-order valence-electron chi connectivity index (χ4n) is 10.2. The van der Waals surface area contributed by atoms with Crippen molar-refractivity contribution in [3.05, 3.63) is 33.9 Å². The highest BCUT2D eigenvalue weighted by atomic mass is 17.2. The number of ether oxygens (including phenoxy) is 1. The Hall–Kier alpha value is -2.09. The van der Waals surface area contributed by atoms with Crippen LogP contribution in [0.15, 0.2) is 33.9 Å². The third-order valence-electron chi connectivity index (χ3n) is 11.6. The summed E-state index contributed by atoms with van der Waals surface area (Å²) in [5, 5.41) is 11.8. The Kier molecular flexibility index (Phi) is 5.57. The van der Waals surface area contributed by atoms with Gasteiger partial charge < -0.3 is 9.84 Å². The molecular formula is C32H42O7.